The lowest BCUT2D eigenvalue weighted by Crippen LogP contribution is -2.34. The van der Waals surface area contributed by atoms with Gasteiger partial charge in [0.15, 0.2) is 11.6 Å². The molecule has 0 N–H and O–H groups in total. The highest BCUT2D eigenvalue weighted by Gasteiger charge is 2.57. The van der Waals surface area contributed by atoms with Crippen molar-refractivity contribution in [2.24, 2.45) is 11.8 Å². The number of cyclic esters (lactones) is 1. The van der Waals surface area contributed by atoms with Gasteiger partial charge in [-0.05, 0) is 52.6 Å². The molecule has 8 rings (SSSR count). The predicted molar refractivity (Wildman–Crippen MR) is 193 cm³/mol. The topological polar surface area (TPSA) is 60.4 Å². The predicted octanol–water partition coefficient (Wildman–Crippen LogP) is 10.3. The zero-order valence-corrected chi connectivity index (χ0v) is 28.9. The SMILES string of the molecule is O=C(C[C@H]1c2ccccc2[C@H]([C@H]2c3ccccc3[C@@H]3C=C(c4ccccc4)OC(=O)[C@H]23)[C@H]1C(=O)c1ccc(Br)cc1)c1ccc(Br)cc1. The van der Waals surface area contributed by atoms with Gasteiger partial charge in [-0.2, -0.15) is 0 Å². The molecule has 0 amide bonds. The number of halogens is 2. The molecule has 6 atom stereocenters. The van der Waals surface area contributed by atoms with Gasteiger partial charge < -0.3 is 4.74 Å². The van der Waals surface area contributed by atoms with Gasteiger partial charge >= 0.3 is 5.97 Å². The van der Waals surface area contributed by atoms with Gasteiger partial charge in [0.2, 0.25) is 0 Å². The number of hydrogen-bond donors (Lipinski definition) is 0. The second-order valence-electron chi connectivity index (χ2n) is 12.8. The van der Waals surface area contributed by atoms with E-state index in [1.807, 2.05) is 103 Å². The molecule has 0 radical (unpaired) electrons. The van der Waals surface area contributed by atoms with E-state index in [0.29, 0.717) is 16.9 Å². The number of carbonyl (C=O) groups excluding carboxylic acids is 3. The molecule has 5 aromatic rings. The highest BCUT2D eigenvalue weighted by atomic mass is 79.9. The van der Waals surface area contributed by atoms with Crippen LogP contribution < -0.4 is 0 Å². The number of benzene rings is 5. The monoisotopic (exact) mass is 756 g/mol. The third-order valence-corrected chi connectivity index (χ3v) is 11.4. The van der Waals surface area contributed by atoms with Gasteiger partial charge in [-0.25, -0.2) is 0 Å². The summed E-state index contributed by atoms with van der Waals surface area (Å²) in [6, 6.07) is 40.9. The summed E-state index contributed by atoms with van der Waals surface area (Å²) >= 11 is 6.98. The molecule has 0 fully saturated rings. The molecule has 2 aliphatic carbocycles. The molecule has 0 unspecified atom stereocenters. The molecule has 236 valence electrons. The van der Waals surface area contributed by atoms with Crippen LogP contribution in [0.5, 0.6) is 0 Å². The van der Waals surface area contributed by atoms with Crippen molar-refractivity contribution in [3.05, 3.63) is 181 Å². The van der Waals surface area contributed by atoms with Crippen LogP contribution in [0, 0.1) is 11.8 Å². The number of ketones is 2. The standard InChI is InChI=1S/C42H30Br2O4/c43-27-18-14-24(15-19-27)35(45)22-33-29-10-4-6-12-31(29)37(39(33)41(46)26-16-20-28(44)21-17-26)38-32-13-7-5-11-30(32)34-23-36(48-42(47)40(34)38)25-8-2-1-3-9-25/h1-21,23,33-34,37-40H,22H2/t33-,34-,37+,38+,39-,40-/m0/s1. The molecule has 0 spiro atoms. The van der Waals surface area contributed by atoms with Crippen molar-refractivity contribution in [3.8, 4) is 0 Å². The maximum atomic E-state index is 14.9. The summed E-state index contributed by atoms with van der Waals surface area (Å²) in [4.78, 5) is 43.1. The number of fused-ring (bicyclic) bond motifs is 4. The normalized spacial score (nSPS) is 23.8. The Labute approximate surface area is 296 Å². The fourth-order valence-corrected chi connectivity index (χ4v) is 8.84. The third kappa shape index (κ3) is 5.32. The Morgan fingerprint density at radius 3 is 1.77 bits per heavy atom. The maximum absolute atomic E-state index is 14.9. The molecule has 3 aliphatic rings. The van der Waals surface area contributed by atoms with Gasteiger partial charge in [-0.1, -0.05) is 135 Å². The van der Waals surface area contributed by atoms with Crippen molar-refractivity contribution >= 4 is 55.2 Å². The summed E-state index contributed by atoms with van der Waals surface area (Å²) in [7, 11) is 0. The molecule has 1 aliphatic heterocycles. The largest absolute Gasteiger partial charge is 0.426 e. The third-order valence-electron chi connectivity index (χ3n) is 10.3. The minimum atomic E-state index is -0.577. The number of rotatable bonds is 7. The number of ether oxygens (including phenoxy) is 1. The molecule has 5 aromatic carbocycles. The zero-order valence-electron chi connectivity index (χ0n) is 25.8. The Morgan fingerprint density at radius 2 is 1.12 bits per heavy atom. The minimum absolute atomic E-state index is 0.0197. The summed E-state index contributed by atoms with van der Waals surface area (Å²) < 4.78 is 7.90. The van der Waals surface area contributed by atoms with Crippen LogP contribution in [0.4, 0.5) is 0 Å². The lowest BCUT2D eigenvalue weighted by Gasteiger charge is -2.34. The highest BCUT2D eigenvalue weighted by Crippen LogP contribution is 2.63. The first-order valence-electron chi connectivity index (χ1n) is 16.1. The van der Waals surface area contributed by atoms with E-state index in [2.05, 4.69) is 62.2 Å². The van der Waals surface area contributed by atoms with E-state index in [1.165, 1.54) is 0 Å². The van der Waals surface area contributed by atoms with Crippen molar-refractivity contribution in [3.63, 3.8) is 0 Å². The second-order valence-corrected chi connectivity index (χ2v) is 14.6. The quantitative estimate of drug-likeness (QED) is 0.123. The Kier molecular flexibility index (Phi) is 8.10. The molecule has 0 saturated carbocycles. The number of Topliss-reactive ketones (excluding diaryl/α,β-unsaturated/α-hetero) is 2. The number of esters is 1. The fourth-order valence-electron chi connectivity index (χ4n) is 8.31. The molecular weight excluding hydrogens is 728 g/mol. The molecule has 0 saturated heterocycles. The van der Waals surface area contributed by atoms with Crippen LogP contribution in [0.1, 0.15) is 78.6 Å². The van der Waals surface area contributed by atoms with Crippen molar-refractivity contribution in [1.29, 1.82) is 0 Å². The molecule has 6 heteroatoms. The average molecular weight is 759 g/mol. The van der Waals surface area contributed by atoms with E-state index in [0.717, 1.165) is 36.8 Å². The van der Waals surface area contributed by atoms with Gasteiger partial charge in [-0.15, -0.1) is 0 Å². The van der Waals surface area contributed by atoms with E-state index in [1.54, 1.807) is 0 Å². The molecule has 48 heavy (non-hydrogen) atoms. The summed E-state index contributed by atoms with van der Waals surface area (Å²) in [6.07, 6.45) is 2.26. The number of carbonyl (C=O) groups is 3. The van der Waals surface area contributed by atoms with Crippen LogP contribution in [0.3, 0.4) is 0 Å². The Bertz CT molecular complexity index is 2090. The van der Waals surface area contributed by atoms with Crippen LogP contribution >= 0.6 is 31.9 Å². The van der Waals surface area contributed by atoms with Crippen molar-refractivity contribution in [2.45, 2.75) is 30.1 Å². The van der Waals surface area contributed by atoms with Gasteiger partial charge in [-0.3, -0.25) is 14.4 Å². The van der Waals surface area contributed by atoms with Gasteiger partial charge in [0.05, 0.1) is 5.92 Å². The maximum Gasteiger partial charge on any atom is 0.315 e. The van der Waals surface area contributed by atoms with Gasteiger partial charge in [0.25, 0.3) is 0 Å². The molecule has 4 nitrogen and oxygen atoms in total. The number of allylic oxidation sites excluding steroid dienone is 1. The second kappa shape index (κ2) is 12.6. The first-order chi connectivity index (χ1) is 23.4. The zero-order chi connectivity index (χ0) is 32.9. The summed E-state index contributed by atoms with van der Waals surface area (Å²) in [5, 5.41) is 0. The van der Waals surface area contributed by atoms with E-state index in [4.69, 9.17) is 4.74 Å². The summed E-state index contributed by atoms with van der Waals surface area (Å²) in [6.45, 7) is 0. The molecule has 0 aromatic heterocycles. The van der Waals surface area contributed by atoms with Crippen molar-refractivity contribution < 1.29 is 19.1 Å². The van der Waals surface area contributed by atoms with Gasteiger partial charge in [0, 0.05) is 61.6 Å². The van der Waals surface area contributed by atoms with Crippen LogP contribution in [-0.4, -0.2) is 17.5 Å². The fraction of sp³-hybridized carbons (Fsp3) is 0.167. The minimum Gasteiger partial charge on any atom is -0.426 e. The summed E-state index contributed by atoms with van der Waals surface area (Å²) in [5.41, 5.74) is 6.20. The van der Waals surface area contributed by atoms with E-state index in [9.17, 15) is 14.4 Å². The van der Waals surface area contributed by atoms with Crippen molar-refractivity contribution in [2.75, 3.05) is 0 Å². The number of hydrogen-bond acceptors (Lipinski definition) is 4. The van der Waals surface area contributed by atoms with Gasteiger partial charge in [0.1, 0.15) is 5.76 Å². The first-order valence-corrected chi connectivity index (χ1v) is 17.7. The van der Waals surface area contributed by atoms with E-state index in [-0.39, 0.29) is 47.6 Å². The lowest BCUT2D eigenvalue weighted by molar-refractivity contribution is -0.143. The van der Waals surface area contributed by atoms with Crippen molar-refractivity contribution in [1.82, 2.24) is 0 Å². The highest BCUT2D eigenvalue weighted by molar-refractivity contribution is 9.10. The molecule has 1 heterocycles. The van der Waals surface area contributed by atoms with E-state index < -0.39 is 11.8 Å². The Balaban J connectivity index is 1.28. The lowest BCUT2D eigenvalue weighted by atomic mass is 9.68. The first kappa shape index (κ1) is 30.9. The average Bonchev–Trinajstić information content (AvgIpc) is 3.61. The van der Waals surface area contributed by atoms with Crippen LogP contribution in [0.15, 0.2) is 142 Å². The van der Waals surface area contributed by atoms with Crippen LogP contribution in [-0.2, 0) is 9.53 Å². The smallest absolute Gasteiger partial charge is 0.315 e. The molecule has 0 bridgehead atoms. The van der Waals surface area contributed by atoms with Crippen LogP contribution in [0.2, 0.25) is 0 Å². The van der Waals surface area contributed by atoms with E-state index >= 15 is 0 Å². The summed E-state index contributed by atoms with van der Waals surface area (Å²) in [5.74, 6) is -2.13. The Morgan fingerprint density at radius 1 is 0.583 bits per heavy atom. The Hall–Kier alpha value is -4.39. The molecular formula is C42H30Br2O4. The van der Waals surface area contributed by atoms with Crippen LogP contribution in [0.25, 0.3) is 5.76 Å².